The van der Waals surface area contributed by atoms with Crippen molar-refractivity contribution in [2.75, 3.05) is 6.61 Å². The number of carbonyl (C=O) groups is 2. The van der Waals surface area contributed by atoms with Crippen LogP contribution >= 0.6 is 0 Å². The maximum Gasteiger partial charge on any atom is 0.264 e. The summed E-state index contributed by atoms with van der Waals surface area (Å²) in [7, 11) is 0. The second-order valence-corrected chi connectivity index (χ2v) is 8.67. The number of hydrogen-bond acceptors (Lipinski definition) is 3. The van der Waals surface area contributed by atoms with Crippen molar-refractivity contribution in [2.24, 2.45) is 23.2 Å². The van der Waals surface area contributed by atoms with E-state index in [0.29, 0.717) is 13.0 Å². The van der Waals surface area contributed by atoms with Gasteiger partial charge < -0.3 is 4.74 Å². The van der Waals surface area contributed by atoms with E-state index in [9.17, 15) is 9.59 Å². The molecular weight excluding hydrogens is 328 g/mol. The third-order valence-electron chi connectivity index (χ3n) is 6.39. The number of rotatable bonds is 6. The minimum absolute atomic E-state index is 0.0630. The Morgan fingerprint density at radius 2 is 1.50 bits per heavy atom. The van der Waals surface area contributed by atoms with Gasteiger partial charge in [0.15, 0.2) is 0 Å². The van der Waals surface area contributed by atoms with Gasteiger partial charge in [0.05, 0.1) is 6.61 Å². The molecule has 0 aliphatic heterocycles. The van der Waals surface area contributed by atoms with Crippen LogP contribution in [0.5, 0.6) is 0 Å². The van der Waals surface area contributed by atoms with Crippen LogP contribution in [0.4, 0.5) is 0 Å². The Kier molecular flexibility index (Phi) is 4.98. The van der Waals surface area contributed by atoms with Crippen LogP contribution in [-0.2, 0) is 20.9 Å². The van der Waals surface area contributed by atoms with Gasteiger partial charge in [-0.05, 0) is 67.3 Å². The topological polar surface area (TPSA) is 67.4 Å². The van der Waals surface area contributed by atoms with Crippen molar-refractivity contribution >= 4 is 11.8 Å². The van der Waals surface area contributed by atoms with Crippen molar-refractivity contribution in [1.82, 2.24) is 10.9 Å². The number of ether oxygens (including phenoxy) is 1. The van der Waals surface area contributed by atoms with E-state index in [2.05, 4.69) is 10.9 Å². The van der Waals surface area contributed by atoms with Gasteiger partial charge in [-0.2, -0.15) is 0 Å². The molecule has 1 aromatic rings. The normalized spacial score (nSPS) is 31.6. The molecule has 5 nitrogen and oxygen atoms in total. The van der Waals surface area contributed by atoms with Gasteiger partial charge in [0.1, 0.15) is 6.61 Å². The highest BCUT2D eigenvalue weighted by molar-refractivity contribution is 5.82. The highest BCUT2D eigenvalue weighted by atomic mass is 16.5. The average Bonchev–Trinajstić information content (AvgIpc) is 2.59. The van der Waals surface area contributed by atoms with Crippen molar-refractivity contribution in [2.45, 2.75) is 51.6 Å². The Labute approximate surface area is 154 Å². The van der Waals surface area contributed by atoms with Gasteiger partial charge >= 0.3 is 0 Å². The summed E-state index contributed by atoms with van der Waals surface area (Å²) >= 11 is 0. The van der Waals surface area contributed by atoms with Crippen LogP contribution in [0.15, 0.2) is 30.3 Å². The van der Waals surface area contributed by atoms with Crippen molar-refractivity contribution < 1.29 is 14.3 Å². The number of hydrazine groups is 1. The smallest absolute Gasteiger partial charge is 0.264 e. The number of nitrogens with one attached hydrogen (secondary N) is 2. The second-order valence-electron chi connectivity index (χ2n) is 8.67. The molecule has 4 aliphatic carbocycles. The zero-order valence-electron chi connectivity index (χ0n) is 15.2. The largest absolute Gasteiger partial charge is 0.367 e. The van der Waals surface area contributed by atoms with Crippen LogP contribution in [0.25, 0.3) is 0 Å². The van der Waals surface area contributed by atoms with Crippen LogP contribution in [0.3, 0.4) is 0 Å². The summed E-state index contributed by atoms with van der Waals surface area (Å²) in [4.78, 5) is 24.2. The first-order chi connectivity index (χ1) is 12.6. The SMILES string of the molecule is O=C(COCc1ccccc1)NNC(=O)CC12CC3CC(CC(C3)C1)C2. The Morgan fingerprint density at radius 1 is 0.923 bits per heavy atom. The molecule has 2 N–H and O–H groups in total. The fourth-order valence-corrected chi connectivity index (χ4v) is 5.90. The molecule has 1 aromatic carbocycles. The number of carbonyl (C=O) groups excluding carboxylic acids is 2. The first-order valence-electron chi connectivity index (χ1n) is 9.80. The van der Waals surface area contributed by atoms with Gasteiger partial charge in [0.25, 0.3) is 5.91 Å². The van der Waals surface area contributed by atoms with E-state index in [4.69, 9.17) is 4.74 Å². The van der Waals surface area contributed by atoms with E-state index < -0.39 is 0 Å². The Morgan fingerprint density at radius 3 is 2.12 bits per heavy atom. The fraction of sp³-hybridized carbons (Fsp3) is 0.619. The maximum absolute atomic E-state index is 12.4. The quantitative estimate of drug-likeness (QED) is 0.770. The zero-order chi connectivity index (χ0) is 18.0. The summed E-state index contributed by atoms with van der Waals surface area (Å²) in [5.74, 6) is 2.10. The zero-order valence-corrected chi connectivity index (χ0v) is 15.2. The molecule has 0 heterocycles. The van der Waals surface area contributed by atoms with E-state index in [0.717, 1.165) is 23.3 Å². The van der Waals surface area contributed by atoms with E-state index in [-0.39, 0.29) is 23.8 Å². The van der Waals surface area contributed by atoms with Crippen molar-refractivity contribution in [1.29, 1.82) is 0 Å². The Balaban J connectivity index is 1.18. The van der Waals surface area contributed by atoms with Crippen LogP contribution in [0, 0.1) is 23.2 Å². The molecule has 0 radical (unpaired) electrons. The van der Waals surface area contributed by atoms with E-state index in [1.54, 1.807) is 0 Å². The predicted molar refractivity (Wildman–Crippen MR) is 97.6 cm³/mol. The molecule has 2 amide bonds. The highest BCUT2D eigenvalue weighted by Gasteiger charge is 2.51. The minimum atomic E-state index is -0.320. The van der Waals surface area contributed by atoms with Gasteiger partial charge in [0, 0.05) is 6.42 Å². The average molecular weight is 356 g/mol. The fourth-order valence-electron chi connectivity index (χ4n) is 5.90. The lowest BCUT2D eigenvalue weighted by Crippen LogP contribution is -2.50. The molecule has 0 spiro atoms. The van der Waals surface area contributed by atoms with Gasteiger partial charge in [-0.1, -0.05) is 30.3 Å². The van der Waals surface area contributed by atoms with Crippen molar-refractivity contribution in [3.8, 4) is 0 Å². The lowest BCUT2D eigenvalue weighted by Gasteiger charge is -2.56. The summed E-state index contributed by atoms with van der Waals surface area (Å²) < 4.78 is 5.38. The molecule has 5 heteroatoms. The molecule has 26 heavy (non-hydrogen) atoms. The first kappa shape index (κ1) is 17.5. The third kappa shape index (κ3) is 4.09. The lowest BCUT2D eigenvalue weighted by atomic mass is 9.49. The van der Waals surface area contributed by atoms with Crippen LogP contribution in [0.1, 0.15) is 50.5 Å². The molecule has 4 fully saturated rings. The van der Waals surface area contributed by atoms with E-state index in [1.807, 2.05) is 30.3 Å². The third-order valence-corrected chi connectivity index (χ3v) is 6.39. The minimum Gasteiger partial charge on any atom is -0.367 e. The molecule has 4 aliphatic rings. The molecule has 5 rings (SSSR count). The summed E-state index contributed by atoms with van der Waals surface area (Å²) in [6.07, 6.45) is 8.24. The summed E-state index contributed by atoms with van der Waals surface area (Å²) in [6, 6.07) is 9.71. The Bertz CT molecular complexity index is 623. The molecule has 140 valence electrons. The van der Waals surface area contributed by atoms with Gasteiger partial charge in [0.2, 0.25) is 5.91 Å². The summed E-state index contributed by atoms with van der Waals surface area (Å²) in [6.45, 7) is 0.321. The molecule has 4 bridgehead atoms. The number of hydrogen-bond donors (Lipinski definition) is 2. The van der Waals surface area contributed by atoms with Crippen molar-refractivity contribution in [3.05, 3.63) is 35.9 Å². The maximum atomic E-state index is 12.4. The van der Waals surface area contributed by atoms with E-state index in [1.165, 1.54) is 38.5 Å². The molecule has 0 aromatic heterocycles. The lowest BCUT2D eigenvalue weighted by molar-refractivity contribution is -0.136. The first-order valence-corrected chi connectivity index (χ1v) is 9.80. The van der Waals surface area contributed by atoms with Gasteiger partial charge in [-0.15, -0.1) is 0 Å². The standard InChI is InChI=1S/C21H28N2O3/c24-19(12-21-9-16-6-17(10-21)8-18(7-16)11-21)22-23-20(25)14-26-13-15-4-2-1-3-5-15/h1-5,16-18H,6-14H2,(H,22,24)(H,23,25). The molecule has 0 saturated heterocycles. The molecule has 4 saturated carbocycles. The summed E-state index contributed by atoms with van der Waals surface area (Å²) in [5, 5.41) is 0. The second kappa shape index (κ2) is 7.39. The Hall–Kier alpha value is -1.88. The van der Waals surface area contributed by atoms with E-state index >= 15 is 0 Å². The van der Waals surface area contributed by atoms with Crippen molar-refractivity contribution in [3.63, 3.8) is 0 Å². The van der Waals surface area contributed by atoms with Gasteiger partial charge in [-0.25, -0.2) is 0 Å². The molecular formula is C21H28N2O3. The number of amides is 2. The monoisotopic (exact) mass is 356 g/mol. The van der Waals surface area contributed by atoms with Crippen LogP contribution in [-0.4, -0.2) is 18.4 Å². The van der Waals surface area contributed by atoms with Crippen LogP contribution < -0.4 is 10.9 Å². The molecule has 0 atom stereocenters. The van der Waals surface area contributed by atoms with Crippen LogP contribution in [0.2, 0.25) is 0 Å². The summed E-state index contributed by atoms with van der Waals surface area (Å²) in [5.41, 5.74) is 6.28. The predicted octanol–water partition coefficient (Wildman–Crippen LogP) is 2.96. The highest BCUT2D eigenvalue weighted by Crippen LogP contribution is 2.61. The van der Waals surface area contributed by atoms with Gasteiger partial charge in [-0.3, -0.25) is 20.4 Å². The molecule has 0 unspecified atom stereocenters. The number of benzene rings is 1.